The number of rotatable bonds is 4. The van der Waals surface area contributed by atoms with E-state index in [1.807, 2.05) is 11.8 Å². The normalized spacial score (nSPS) is 21.5. The summed E-state index contributed by atoms with van der Waals surface area (Å²) in [5, 5.41) is 11.5. The highest BCUT2D eigenvalue weighted by Gasteiger charge is 2.44. The number of anilines is 1. The van der Waals surface area contributed by atoms with Crippen LogP contribution >= 0.6 is 11.6 Å². The minimum absolute atomic E-state index is 0.0737. The Bertz CT molecular complexity index is 1130. The average molecular weight is 454 g/mol. The average Bonchev–Trinajstić information content (AvgIpc) is 2.99. The Morgan fingerprint density at radius 3 is 2.22 bits per heavy atom. The molecule has 1 fully saturated rings. The second-order valence-electron chi connectivity index (χ2n) is 8.76. The number of nitrogens with zero attached hydrogens (tertiary/aromatic N) is 3. The van der Waals surface area contributed by atoms with E-state index in [2.05, 4.69) is 13.8 Å². The van der Waals surface area contributed by atoms with Crippen LogP contribution in [-0.2, 0) is 9.59 Å². The van der Waals surface area contributed by atoms with Crippen molar-refractivity contribution in [3.05, 3.63) is 74.4 Å². The number of amides is 2. The molecule has 2 aromatic carbocycles. The highest BCUT2D eigenvalue weighted by atomic mass is 35.5. The van der Waals surface area contributed by atoms with Gasteiger partial charge in [-0.2, -0.15) is 0 Å². The van der Waals surface area contributed by atoms with Gasteiger partial charge in [-0.05, 0) is 60.6 Å². The van der Waals surface area contributed by atoms with Crippen molar-refractivity contribution in [1.29, 1.82) is 0 Å². The summed E-state index contributed by atoms with van der Waals surface area (Å²) in [4.78, 5) is 41.1. The van der Waals surface area contributed by atoms with E-state index < -0.39 is 16.7 Å². The first-order chi connectivity index (χ1) is 15.2. The maximum atomic E-state index is 13.7. The monoisotopic (exact) mass is 453 g/mol. The van der Waals surface area contributed by atoms with Crippen molar-refractivity contribution in [3.63, 3.8) is 0 Å². The van der Waals surface area contributed by atoms with Crippen LogP contribution in [0.3, 0.4) is 0 Å². The molecule has 0 aliphatic carbocycles. The van der Waals surface area contributed by atoms with Crippen LogP contribution in [0.4, 0.5) is 11.4 Å². The fourth-order valence-corrected chi connectivity index (χ4v) is 4.88. The molecular formula is C24H24ClN3O4. The van der Waals surface area contributed by atoms with Gasteiger partial charge in [0.05, 0.1) is 16.2 Å². The van der Waals surface area contributed by atoms with E-state index in [1.165, 1.54) is 29.2 Å². The minimum atomic E-state index is -0.490. The van der Waals surface area contributed by atoms with Crippen LogP contribution < -0.4 is 4.90 Å². The van der Waals surface area contributed by atoms with Crippen LogP contribution in [-0.4, -0.2) is 34.7 Å². The molecule has 2 heterocycles. The van der Waals surface area contributed by atoms with Crippen LogP contribution in [0.15, 0.2) is 48.2 Å². The summed E-state index contributed by atoms with van der Waals surface area (Å²) >= 11 is 6.18. The molecule has 0 radical (unpaired) electrons. The summed E-state index contributed by atoms with van der Waals surface area (Å²) < 4.78 is 0. The number of halogens is 1. The second kappa shape index (κ2) is 8.39. The number of hydrogen-bond donors (Lipinski definition) is 0. The molecule has 32 heavy (non-hydrogen) atoms. The number of carbonyl (C=O) groups is 2. The highest BCUT2D eigenvalue weighted by Crippen LogP contribution is 2.39. The van der Waals surface area contributed by atoms with Crippen LogP contribution in [0.2, 0.25) is 5.02 Å². The quantitative estimate of drug-likeness (QED) is 0.376. The van der Waals surface area contributed by atoms with Gasteiger partial charge in [0.2, 0.25) is 0 Å². The third-order valence-corrected chi connectivity index (χ3v) is 6.26. The first-order valence-corrected chi connectivity index (χ1v) is 10.9. The molecule has 0 saturated carbocycles. The molecule has 0 N–H and O–H groups in total. The Morgan fingerprint density at radius 1 is 1.00 bits per heavy atom. The van der Waals surface area contributed by atoms with Crippen molar-refractivity contribution in [1.82, 2.24) is 4.90 Å². The van der Waals surface area contributed by atoms with Crippen molar-refractivity contribution < 1.29 is 14.5 Å². The maximum Gasteiger partial charge on any atom is 0.282 e. The maximum absolute atomic E-state index is 13.7. The third kappa shape index (κ3) is 3.88. The predicted octanol–water partition coefficient (Wildman–Crippen LogP) is 4.82. The Morgan fingerprint density at radius 2 is 1.62 bits per heavy atom. The number of piperidine rings is 1. The number of imide groups is 1. The van der Waals surface area contributed by atoms with Crippen LogP contribution in [0.5, 0.6) is 0 Å². The molecule has 1 saturated heterocycles. The van der Waals surface area contributed by atoms with Crippen molar-refractivity contribution in [3.8, 4) is 0 Å². The van der Waals surface area contributed by atoms with Gasteiger partial charge in [-0.3, -0.25) is 19.7 Å². The summed E-state index contributed by atoms with van der Waals surface area (Å²) in [6.07, 6.45) is 1.05. The molecule has 0 spiro atoms. The molecule has 2 atom stereocenters. The first kappa shape index (κ1) is 22.0. The van der Waals surface area contributed by atoms with E-state index in [-0.39, 0.29) is 11.3 Å². The minimum Gasteiger partial charge on any atom is -0.366 e. The molecular weight excluding hydrogens is 430 g/mol. The highest BCUT2D eigenvalue weighted by molar-refractivity contribution is 6.45. The van der Waals surface area contributed by atoms with Crippen LogP contribution in [0.1, 0.15) is 31.4 Å². The number of nitro groups is 1. The SMILES string of the molecule is Cc1ccc(Cl)cc1N1C(=O)C(c2ccc([N+](=O)[O-])cc2)=C(N2CC(C)CC(C)C2)C1=O. The van der Waals surface area contributed by atoms with Crippen molar-refractivity contribution in [2.75, 3.05) is 18.0 Å². The van der Waals surface area contributed by atoms with E-state index in [0.29, 0.717) is 46.9 Å². The van der Waals surface area contributed by atoms with Gasteiger partial charge < -0.3 is 4.90 Å². The smallest absolute Gasteiger partial charge is 0.282 e. The second-order valence-corrected chi connectivity index (χ2v) is 9.19. The van der Waals surface area contributed by atoms with E-state index in [1.54, 1.807) is 18.2 Å². The van der Waals surface area contributed by atoms with E-state index in [0.717, 1.165) is 12.0 Å². The number of non-ortho nitro benzene ring substituents is 1. The van der Waals surface area contributed by atoms with Crippen molar-refractivity contribution in [2.24, 2.45) is 11.8 Å². The topological polar surface area (TPSA) is 83.8 Å². The summed E-state index contributed by atoms with van der Waals surface area (Å²) in [6.45, 7) is 7.42. The molecule has 0 bridgehead atoms. The van der Waals surface area contributed by atoms with Gasteiger partial charge in [-0.25, -0.2) is 4.90 Å². The number of hydrogen-bond acceptors (Lipinski definition) is 5. The lowest BCUT2D eigenvalue weighted by molar-refractivity contribution is -0.384. The van der Waals surface area contributed by atoms with Crippen molar-refractivity contribution in [2.45, 2.75) is 27.2 Å². The van der Waals surface area contributed by atoms with Gasteiger partial charge in [-0.15, -0.1) is 0 Å². The molecule has 2 unspecified atom stereocenters. The zero-order valence-electron chi connectivity index (χ0n) is 18.2. The number of nitro benzene ring substituents is 1. The Balaban J connectivity index is 1.86. The molecule has 2 amide bonds. The fraction of sp³-hybridized carbons (Fsp3) is 0.333. The molecule has 166 valence electrons. The van der Waals surface area contributed by atoms with Gasteiger partial charge >= 0.3 is 0 Å². The van der Waals surface area contributed by atoms with Gasteiger partial charge in [0.25, 0.3) is 17.5 Å². The van der Waals surface area contributed by atoms with Gasteiger partial charge in [-0.1, -0.05) is 31.5 Å². The number of carbonyl (C=O) groups excluding carboxylic acids is 2. The zero-order valence-corrected chi connectivity index (χ0v) is 18.9. The first-order valence-electron chi connectivity index (χ1n) is 10.6. The lowest BCUT2D eigenvalue weighted by Crippen LogP contribution is -2.42. The summed E-state index contributed by atoms with van der Waals surface area (Å²) in [7, 11) is 0. The number of aryl methyl sites for hydroxylation is 1. The van der Waals surface area contributed by atoms with Crippen LogP contribution in [0.25, 0.3) is 5.57 Å². The van der Waals surface area contributed by atoms with Gasteiger partial charge in [0, 0.05) is 30.2 Å². The largest absolute Gasteiger partial charge is 0.366 e. The molecule has 2 aliphatic heterocycles. The zero-order chi connectivity index (χ0) is 23.2. The lowest BCUT2D eigenvalue weighted by atomic mass is 9.91. The predicted molar refractivity (Wildman–Crippen MR) is 123 cm³/mol. The van der Waals surface area contributed by atoms with Crippen molar-refractivity contribution >= 4 is 40.4 Å². The fourth-order valence-electron chi connectivity index (χ4n) is 4.71. The van der Waals surface area contributed by atoms with E-state index in [9.17, 15) is 19.7 Å². The third-order valence-electron chi connectivity index (χ3n) is 6.02. The standard InChI is InChI=1S/C24H24ClN3O4/c1-14-10-15(2)13-26(12-14)22-21(17-5-8-19(9-6-17)28(31)32)23(29)27(24(22)30)20-11-18(25)7-4-16(20)3/h4-9,11,14-15H,10,12-13H2,1-3H3. The van der Waals surface area contributed by atoms with Crippen LogP contribution in [0, 0.1) is 28.9 Å². The molecule has 8 heteroatoms. The Kier molecular flexibility index (Phi) is 5.77. The molecule has 2 aliphatic rings. The Labute approximate surface area is 191 Å². The summed E-state index contributed by atoms with van der Waals surface area (Å²) in [5.74, 6) is -0.103. The molecule has 0 aromatic heterocycles. The molecule has 2 aromatic rings. The lowest BCUT2D eigenvalue weighted by Gasteiger charge is -2.37. The Hall–Kier alpha value is -3.19. The number of likely N-dealkylation sites (tertiary alicyclic amines) is 1. The number of benzene rings is 2. The van der Waals surface area contributed by atoms with Gasteiger partial charge in [0.15, 0.2) is 0 Å². The van der Waals surface area contributed by atoms with Gasteiger partial charge in [0.1, 0.15) is 5.70 Å². The van der Waals surface area contributed by atoms with E-state index >= 15 is 0 Å². The summed E-state index contributed by atoms with van der Waals surface area (Å²) in [6, 6.07) is 10.9. The molecule has 4 rings (SSSR count). The van der Waals surface area contributed by atoms with E-state index in [4.69, 9.17) is 11.6 Å². The molecule has 7 nitrogen and oxygen atoms in total. The summed E-state index contributed by atoms with van der Waals surface area (Å²) in [5.41, 5.74) is 2.22.